The predicted molar refractivity (Wildman–Crippen MR) is 122 cm³/mol. The Bertz CT molecular complexity index is 808. The molecule has 2 amide bonds. The van der Waals surface area contributed by atoms with Crippen LogP contribution in [0.1, 0.15) is 49.8 Å². The minimum absolute atomic E-state index is 0.0103. The van der Waals surface area contributed by atoms with E-state index < -0.39 is 6.03 Å². The van der Waals surface area contributed by atoms with Crippen LogP contribution in [0, 0.1) is 0 Å². The molecule has 0 heterocycles. The van der Waals surface area contributed by atoms with Gasteiger partial charge in [0.1, 0.15) is 11.5 Å². The van der Waals surface area contributed by atoms with Crippen molar-refractivity contribution in [1.29, 1.82) is 0 Å². The number of aromatic hydroxyl groups is 1. The molecule has 2 aromatic rings. The van der Waals surface area contributed by atoms with E-state index >= 15 is 0 Å². The fraction of sp³-hybridized carbons (Fsp3) is 0.458. The summed E-state index contributed by atoms with van der Waals surface area (Å²) in [6, 6.07) is 10.9. The maximum absolute atomic E-state index is 11.0. The summed E-state index contributed by atoms with van der Waals surface area (Å²) in [7, 11) is 0. The molecular formula is C24H35N3O3. The van der Waals surface area contributed by atoms with Gasteiger partial charge in [-0.2, -0.15) is 0 Å². The lowest BCUT2D eigenvalue weighted by molar-refractivity contribution is 0.259. The second-order valence-electron chi connectivity index (χ2n) is 7.47. The molecule has 0 radical (unpaired) electrons. The number of nitrogens with one attached hydrogen (secondary N) is 2. The molecule has 0 aliphatic carbocycles. The highest BCUT2D eigenvalue weighted by molar-refractivity contribution is 5.89. The van der Waals surface area contributed by atoms with Crippen molar-refractivity contribution in [1.82, 2.24) is 5.32 Å². The Balaban J connectivity index is 1.82. The van der Waals surface area contributed by atoms with Crippen LogP contribution in [0.5, 0.6) is 11.5 Å². The largest absolute Gasteiger partial charge is 0.506 e. The van der Waals surface area contributed by atoms with Gasteiger partial charge in [0.05, 0.1) is 12.3 Å². The maximum atomic E-state index is 11.0. The number of amides is 2. The molecule has 0 aromatic heterocycles. The van der Waals surface area contributed by atoms with Gasteiger partial charge >= 0.3 is 6.03 Å². The lowest BCUT2D eigenvalue weighted by Crippen LogP contribution is -2.21. The number of rotatable bonds is 13. The van der Waals surface area contributed by atoms with Crippen molar-refractivity contribution in [2.45, 2.75) is 52.4 Å². The van der Waals surface area contributed by atoms with Gasteiger partial charge in [0.25, 0.3) is 0 Å². The Hall–Kier alpha value is -2.73. The lowest BCUT2D eigenvalue weighted by atomic mass is 10.00. The molecule has 0 fully saturated rings. The molecule has 0 spiro atoms. The van der Waals surface area contributed by atoms with Crippen molar-refractivity contribution >= 4 is 11.7 Å². The van der Waals surface area contributed by atoms with Crippen molar-refractivity contribution in [2.24, 2.45) is 5.73 Å². The zero-order valence-electron chi connectivity index (χ0n) is 18.2. The number of carbonyl (C=O) groups excluding carboxylic acids is 1. The number of primary amides is 1. The molecule has 0 aliphatic rings. The van der Waals surface area contributed by atoms with Gasteiger partial charge in [0, 0.05) is 0 Å². The normalized spacial score (nSPS) is 10.7. The van der Waals surface area contributed by atoms with Crippen molar-refractivity contribution in [2.75, 3.05) is 25.0 Å². The van der Waals surface area contributed by atoms with E-state index in [1.54, 1.807) is 12.1 Å². The van der Waals surface area contributed by atoms with E-state index in [1.165, 1.54) is 11.1 Å². The van der Waals surface area contributed by atoms with Crippen molar-refractivity contribution in [3.8, 4) is 11.5 Å². The average molecular weight is 414 g/mol. The zero-order chi connectivity index (χ0) is 21.8. The third-order valence-electron chi connectivity index (χ3n) is 4.94. The highest BCUT2D eigenvalue weighted by Gasteiger charge is 2.06. The molecule has 0 atom stereocenters. The van der Waals surface area contributed by atoms with Crippen LogP contribution in [-0.2, 0) is 19.3 Å². The van der Waals surface area contributed by atoms with E-state index in [1.807, 2.05) is 6.07 Å². The predicted octanol–water partition coefficient (Wildman–Crippen LogP) is 4.39. The van der Waals surface area contributed by atoms with Crippen LogP contribution in [0.3, 0.4) is 0 Å². The smallest absolute Gasteiger partial charge is 0.316 e. The van der Waals surface area contributed by atoms with Crippen LogP contribution in [0.2, 0.25) is 0 Å². The number of phenolic OH excluding ortho intramolecular Hbond substituents is 1. The summed E-state index contributed by atoms with van der Waals surface area (Å²) in [6.07, 6.45) is 6.15. The first-order valence-electron chi connectivity index (χ1n) is 10.9. The standard InChI is InChI=1S/C24H35N3O3/c1-3-5-15-30-21-9-8-19(20(17-21)6-4-2)12-14-26-13-11-18-7-10-23(28)22(16-18)27-24(25)29/h7-10,16-17,26,28H,3-6,11-15H2,1-2H3,(H3,25,27,29). The summed E-state index contributed by atoms with van der Waals surface area (Å²) in [5, 5.41) is 15.7. The number of ether oxygens (including phenoxy) is 1. The zero-order valence-corrected chi connectivity index (χ0v) is 18.2. The Morgan fingerprint density at radius 1 is 1.00 bits per heavy atom. The van der Waals surface area contributed by atoms with Crippen LogP contribution < -0.4 is 21.1 Å². The lowest BCUT2D eigenvalue weighted by Gasteiger charge is -2.13. The number of carbonyl (C=O) groups is 1. The summed E-state index contributed by atoms with van der Waals surface area (Å²) in [6.45, 7) is 6.84. The summed E-state index contributed by atoms with van der Waals surface area (Å²) in [4.78, 5) is 11.0. The van der Waals surface area contributed by atoms with Gasteiger partial charge in [-0.05, 0) is 79.7 Å². The Labute approximate surface area is 179 Å². The molecule has 0 saturated heterocycles. The number of unbranched alkanes of at least 4 members (excludes halogenated alkanes) is 1. The second kappa shape index (κ2) is 12.8. The molecular weight excluding hydrogens is 378 g/mol. The van der Waals surface area contributed by atoms with Crippen LogP contribution in [0.4, 0.5) is 10.5 Å². The average Bonchev–Trinajstić information content (AvgIpc) is 2.71. The first-order chi connectivity index (χ1) is 14.5. The molecule has 0 saturated carbocycles. The number of hydrogen-bond acceptors (Lipinski definition) is 4. The number of benzene rings is 2. The van der Waals surface area contributed by atoms with Crippen LogP contribution >= 0.6 is 0 Å². The topological polar surface area (TPSA) is 96.6 Å². The summed E-state index contributed by atoms with van der Waals surface area (Å²) < 4.78 is 5.85. The molecule has 5 N–H and O–H groups in total. The Morgan fingerprint density at radius 3 is 2.53 bits per heavy atom. The van der Waals surface area contributed by atoms with Crippen molar-refractivity contribution < 1.29 is 14.6 Å². The molecule has 164 valence electrons. The van der Waals surface area contributed by atoms with Crippen LogP contribution in [0.15, 0.2) is 36.4 Å². The highest BCUT2D eigenvalue weighted by atomic mass is 16.5. The number of nitrogens with two attached hydrogens (primary N) is 1. The Kier molecular flexibility index (Phi) is 10.0. The number of phenols is 1. The van der Waals surface area contributed by atoms with Crippen LogP contribution in [0.25, 0.3) is 0 Å². The van der Waals surface area contributed by atoms with E-state index in [9.17, 15) is 9.90 Å². The van der Waals surface area contributed by atoms with Gasteiger partial charge in [0.2, 0.25) is 0 Å². The van der Waals surface area contributed by atoms with Crippen LogP contribution in [-0.4, -0.2) is 30.8 Å². The molecule has 0 unspecified atom stereocenters. The molecule has 0 bridgehead atoms. The fourth-order valence-corrected chi connectivity index (χ4v) is 3.32. The number of anilines is 1. The van der Waals surface area contributed by atoms with Gasteiger partial charge in [-0.15, -0.1) is 0 Å². The monoisotopic (exact) mass is 413 g/mol. The first-order valence-corrected chi connectivity index (χ1v) is 10.9. The molecule has 2 rings (SSSR count). The van der Waals surface area contributed by atoms with Crippen molar-refractivity contribution in [3.05, 3.63) is 53.1 Å². The van der Waals surface area contributed by atoms with Gasteiger partial charge < -0.3 is 26.2 Å². The second-order valence-corrected chi connectivity index (χ2v) is 7.47. The number of aryl methyl sites for hydroxylation is 1. The number of hydrogen-bond donors (Lipinski definition) is 4. The summed E-state index contributed by atoms with van der Waals surface area (Å²) in [5.74, 6) is 0.979. The summed E-state index contributed by atoms with van der Waals surface area (Å²) in [5.41, 5.74) is 9.22. The van der Waals surface area contributed by atoms with E-state index in [2.05, 4.69) is 42.7 Å². The molecule has 0 aliphatic heterocycles. The van der Waals surface area contributed by atoms with E-state index in [4.69, 9.17) is 10.5 Å². The van der Waals surface area contributed by atoms with Crippen molar-refractivity contribution in [3.63, 3.8) is 0 Å². The minimum atomic E-state index is -0.690. The summed E-state index contributed by atoms with van der Waals surface area (Å²) >= 11 is 0. The molecule has 6 nitrogen and oxygen atoms in total. The molecule has 6 heteroatoms. The molecule has 30 heavy (non-hydrogen) atoms. The van der Waals surface area contributed by atoms with Gasteiger partial charge in [-0.25, -0.2) is 4.79 Å². The van der Waals surface area contributed by atoms with Gasteiger partial charge in [-0.3, -0.25) is 0 Å². The SMILES string of the molecule is CCCCOc1ccc(CCNCCc2ccc(O)c(NC(N)=O)c2)c(CCC)c1. The minimum Gasteiger partial charge on any atom is -0.506 e. The van der Waals surface area contributed by atoms with E-state index in [0.29, 0.717) is 5.69 Å². The number of urea groups is 1. The van der Waals surface area contributed by atoms with E-state index in [0.717, 1.165) is 69.5 Å². The third-order valence-corrected chi connectivity index (χ3v) is 4.94. The highest BCUT2D eigenvalue weighted by Crippen LogP contribution is 2.24. The fourth-order valence-electron chi connectivity index (χ4n) is 3.32. The first kappa shape index (κ1) is 23.5. The molecule has 2 aromatic carbocycles. The van der Waals surface area contributed by atoms with E-state index in [-0.39, 0.29) is 5.75 Å². The third kappa shape index (κ3) is 7.95. The Morgan fingerprint density at radius 2 is 1.80 bits per heavy atom. The quantitative estimate of drug-likeness (QED) is 0.289. The van der Waals surface area contributed by atoms with Gasteiger partial charge in [-0.1, -0.05) is 38.8 Å². The van der Waals surface area contributed by atoms with Gasteiger partial charge in [0.15, 0.2) is 0 Å². The maximum Gasteiger partial charge on any atom is 0.316 e.